The van der Waals surface area contributed by atoms with Crippen molar-refractivity contribution in [3.8, 4) is 0 Å². The predicted molar refractivity (Wildman–Crippen MR) is 84.2 cm³/mol. The van der Waals surface area contributed by atoms with Crippen molar-refractivity contribution in [3.63, 3.8) is 0 Å². The SMILES string of the molecule is CC(C)C(NC(=O)CSCc1ccccc1F)C(C)C. The Labute approximate surface area is 125 Å². The van der Waals surface area contributed by atoms with Crippen LogP contribution in [0, 0.1) is 17.7 Å². The highest BCUT2D eigenvalue weighted by Crippen LogP contribution is 2.16. The van der Waals surface area contributed by atoms with Gasteiger partial charge in [0.15, 0.2) is 0 Å². The molecule has 0 aromatic heterocycles. The average molecular weight is 297 g/mol. The minimum Gasteiger partial charge on any atom is -0.352 e. The Bertz CT molecular complexity index is 426. The molecule has 0 saturated carbocycles. The predicted octanol–water partition coefficient (Wildman–Crippen LogP) is 3.86. The number of thioether (sulfide) groups is 1. The second-order valence-corrected chi connectivity index (χ2v) is 6.65. The molecule has 1 aromatic carbocycles. The number of carbonyl (C=O) groups is 1. The minimum atomic E-state index is -0.206. The van der Waals surface area contributed by atoms with Gasteiger partial charge < -0.3 is 5.32 Å². The van der Waals surface area contributed by atoms with Crippen molar-refractivity contribution in [1.29, 1.82) is 0 Å². The maximum atomic E-state index is 13.4. The summed E-state index contributed by atoms with van der Waals surface area (Å²) in [7, 11) is 0. The van der Waals surface area contributed by atoms with Crippen molar-refractivity contribution in [2.45, 2.75) is 39.5 Å². The molecule has 1 rings (SSSR count). The van der Waals surface area contributed by atoms with E-state index in [1.54, 1.807) is 12.1 Å². The van der Waals surface area contributed by atoms with E-state index in [9.17, 15) is 9.18 Å². The maximum Gasteiger partial charge on any atom is 0.230 e. The van der Waals surface area contributed by atoms with Gasteiger partial charge in [-0.3, -0.25) is 4.79 Å². The Morgan fingerprint density at radius 2 is 1.80 bits per heavy atom. The van der Waals surface area contributed by atoms with Gasteiger partial charge in [0.05, 0.1) is 5.75 Å². The first kappa shape index (κ1) is 17.0. The van der Waals surface area contributed by atoms with E-state index < -0.39 is 0 Å². The van der Waals surface area contributed by atoms with Gasteiger partial charge in [-0.05, 0) is 23.5 Å². The van der Waals surface area contributed by atoms with E-state index in [4.69, 9.17) is 0 Å². The summed E-state index contributed by atoms with van der Waals surface area (Å²) in [6.45, 7) is 8.43. The van der Waals surface area contributed by atoms with E-state index in [1.807, 2.05) is 6.07 Å². The molecular weight excluding hydrogens is 273 g/mol. The molecule has 0 heterocycles. The lowest BCUT2D eigenvalue weighted by Crippen LogP contribution is -2.43. The summed E-state index contributed by atoms with van der Waals surface area (Å²) in [5, 5.41) is 3.06. The van der Waals surface area contributed by atoms with Crippen LogP contribution < -0.4 is 5.32 Å². The van der Waals surface area contributed by atoms with Gasteiger partial charge in [-0.2, -0.15) is 0 Å². The Morgan fingerprint density at radius 1 is 1.20 bits per heavy atom. The molecule has 20 heavy (non-hydrogen) atoms. The van der Waals surface area contributed by atoms with E-state index in [0.717, 1.165) is 0 Å². The lowest BCUT2D eigenvalue weighted by atomic mass is 9.93. The van der Waals surface area contributed by atoms with Gasteiger partial charge >= 0.3 is 0 Å². The number of benzene rings is 1. The van der Waals surface area contributed by atoms with Gasteiger partial charge in [0.25, 0.3) is 0 Å². The summed E-state index contributed by atoms with van der Waals surface area (Å²) in [5.41, 5.74) is 0.648. The van der Waals surface area contributed by atoms with Crippen LogP contribution in [0.25, 0.3) is 0 Å². The molecule has 0 unspecified atom stereocenters. The summed E-state index contributed by atoms with van der Waals surface area (Å²) in [4.78, 5) is 11.9. The zero-order chi connectivity index (χ0) is 15.1. The molecule has 0 fully saturated rings. The largest absolute Gasteiger partial charge is 0.352 e. The lowest BCUT2D eigenvalue weighted by molar-refractivity contribution is -0.119. The molecule has 0 spiro atoms. The smallest absolute Gasteiger partial charge is 0.230 e. The first-order valence-corrected chi connectivity index (χ1v) is 8.17. The van der Waals surface area contributed by atoms with E-state index in [1.165, 1.54) is 17.8 Å². The van der Waals surface area contributed by atoms with E-state index in [-0.39, 0.29) is 17.8 Å². The third kappa shape index (κ3) is 5.53. The summed E-state index contributed by atoms with van der Waals surface area (Å²) in [6, 6.07) is 6.88. The maximum absolute atomic E-state index is 13.4. The Kier molecular flexibility index (Phi) is 7.06. The van der Waals surface area contributed by atoms with Crippen LogP contribution in [0.2, 0.25) is 0 Å². The normalized spacial score (nSPS) is 11.4. The van der Waals surface area contributed by atoms with Crippen LogP contribution in [0.4, 0.5) is 4.39 Å². The molecule has 0 aliphatic carbocycles. The number of hydrogen-bond acceptors (Lipinski definition) is 2. The molecule has 0 radical (unpaired) electrons. The highest BCUT2D eigenvalue weighted by molar-refractivity contribution is 7.99. The standard InChI is InChI=1S/C16H24FNOS/c1-11(2)16(12(3)4)18-15(19)10-20-9-13-7-5-6-8-14(13)17/h5-8,11-12,16H,9-10H2,1-4H3,(H,18,19). The Morgan fingerprint density at radius 3 is 2.35 bits per heavy atom. The van der Waals surface area contributed by atoms with Gasteiger partial charge in [0, 0.05) is 11.8 Å². The summed E-state index contributed by atoms with van der Waals surface area (Å²) >= 11 is 1.44. The summed E-state index contributed by atoms with van der Waals surface area (Å²) in [6.07, 6.45) is 0. The second kappa shape index (κ2) is 8.30. The highest BCUT2D eigenvalue weighted by Gasteiger charge is 2.19. The van der Waals surface area contributed by atoms with Crippen LogP contribution in [0.3, 0.4) is 0 Å². The van der Waals surface area contributed by atoms with Crippen molar-refractivity contribution < 1.29 is 9.18 Å². The van der Waals surface area contributed by atoms with Gasteiger partial charge in [0.2, 0.25) is 5.91 Å². The quantitative estimate of drug-likeness (QED) is 0.828. The van der Waals surface area contributed by atoms with E-state index in [0.29, 0.717) is 28.9 Å². The molecule has 0 aliphatic rings. The topological polar surface area (TPSA) is 29.1 Å². The first-order chi connectivity index (χ1) is 9.41. The minimum absolute atomic E-state index is 0.0266. The van der Waals surface area contributed by atoms with Gasteiger partial charge in [0.1, 0.15) is 5.82 Å². The van der Waals surface area contributed by atoms with Crippen molar-refractivity contribution in [3.05, 3.63) is 35.6 Å². The molecule has 1 N–H and O–H groups in total. The fourth-order valence-electron chi connectivity index (χ4n) is 2.20. The van der Waals surface area contributed by atoms with Crippen LogP contribution in [-0.2, 0) is 10.5 Å². The zero-order valence-electron chi connectivity index (χ0n) is 12.7. The van der Waals surface area contributed by atoms with Crippen LogP contribution in [0.1, 0.15) is 33.3 Å². The van der Waals surface area contributed by atoms with Crippen LogP contribution in [0.15, 0.2) is 24.3 Å². The lowest BCUT2D eigenvalue weighted by Gasteiger charge is -2.26. The van der Waals surface area contributed by atoms with E-state index >= 15 is 0 Å². The Balaban J connectivity index is 2.38. The molecule has 0 saturated heterocycles. The van der Waals surface area contributed by atoms with Crippen molar-refractivity contribution in [2.75, 3.05) is 5.75 Å². The number of hydrogen-bond donors (Lipinski definition) is 1. The molecular formula is C16H24FNOS. The monoisotopic (exact) mass is 297 g/mol. The fraction of sp³-hybridized carbons (Fsp3) is 0.562. The molecule has 0 atom stereocenters. The second-order valence-electron chi connectivity index (χ2n) is 5.67. The molecule has 1 aromatic rings. The fourth-order valence-corrected chi connectivity index (χ4v) is 3.02. The third-order valence-corrected chi connectivity index (χ3v) is 4.19. The Hall–Kier alpha value is -1.03. The van der Waals surface area contributed by atoms with Gasteiger partial charge in [-0.1, -0.05) is 45.9 Å². The molecule has 0 aliphatic heterocycles. The van der Waals surface area contributed by atoms with E-state index in [2.05, 4.69) is 33.0 Å². The van der Waals surface area contributed by atoms with Crippen LogP contribution >= 0.6 is 11.8 Å². The highest BCUT2D eigenvalue weighted by atomic mass is 32.2. The van der Waals surface area contributed by atoms with Crippen LogP contribution in [0.5, 0.6) is 0 Å². The summed E-state index contributed by atoms with van der Waals surface area (Å²) in [5.74, 6) is 1.53. The van der Waals surface area contributed by atoms with Crippen molar-refractivity contribution >= 4 is 17.7 Å². The van der Waals surface area contributed by atoms with Crippen molar-refractivity contribution in [1.82, 2.24) is 5.32 Å². The molecule has 1 amide bonds. The molecule has 2 nitrogen and oxygen atoms in total. The number of amides is 1. The molecule has 0 bridgehead atoms. The molecule has 4 heteroatoms. The van der Waals surface area contributed by atoms with Gasteiger partial charge in [-0.25, -0.2) is 4.39 Å². The van der Waals surface area contributed by atoms with Crippen LogP contribution in [-0.4, -0.2) is 17.7 Å². The summed E-state index contributed by atoms with van der Waals surface area (Å²) < 4.78 is 13.4. The molecule has 112 valence electrons. The average Bonchev–Trinajstić information content (AvgIpc) is 2.37. The third-order valence-electron chi connectivity index (χ3n) is 3.21. The number of rotatable bonds is 7. The zero-order valence-corrected chi connectivity index (χ0v) is 13.5. The number of carbonyl (C=O) groups excluding carboxylic acids is 1. The van der Waals surface area contributed by atoms with Crippen molar-refractivity contribution in [2.24, 2.45) is 11.8 Å². The number of halogens is 1. The first-order valence-electron chi connectivity index (χ1n) is 7.02. The van der Waals surface area contributed by atoms with Gasteiger partial charge in [-0.15, -0.1) is 11.8 Å². The number of nitrogens with one attached hydrogen (secondary N) is 1.